The first-order valence-electron chi connectivity index (χ1n) is 4.77. The molecule has 2 heterocycles. The maximum atomic E-state index is 4.92. The fourth-order valence-electron chi connectivity index (χ4n) is 1.31. The number of anilines is 1. The van der Waals surface area contributed by atoms with Crippen molar-refractivity contribution in [2.45, 2.75) is 13.3 Å². The van der Waals surface area contributed by atoms with E-state index in [2.05, 4.69) is 20.6 Å². The van der Waals surface area contributed by atoms with E-state index in [-0.39, 0.29) is 0 Å². The standard InChI is InChI=1S/C9H13N5O/c1-7-12-9(15-13-7)10-5-3-8-4-6-11-14(8)2/h4,6H,3,5H2,1-2H3,(H,10,12,13). The van der Waals surface area contributed by atoms with Gasteiger partial charge < -0.3 is 9.84 Å². The van der Waals surface area contributed by atoms with Gasteiger partial charge in [0.25, 0.3) is 0 Å². The van der Waals surface area contributed by atoms with Crippen LogP contribution in [0, 0.1) is 6.92 Å². The van der Waals surface area contributed by atoms with Gasteiger partial charge in [-0.1, -0.05) is 5.16 Å². The summed E-state index contributed by atoms with van der Waals surface area (Å²) in [5.41, 5.74) is 1.17. The highest BCUT2D eigenvalue weighted by Crippen LogP contribution is 2.03. The van der Waals surface area contributed by atoms with E-state index >= 15 is 0 Å². The van der Waals surface area contributed by atoms with Crippen LogP contribution in [-0.2, 0) is 13.5 Å². The van der Waals surface area contributed by atoms with Crippen LogP contribution in [0.3, 0.4) is 0 Å². The van der Waals surface area contributed by atoms with Gasteiger partial charge in [0.05, 0.1) is 0 Å². The third-order valence-corrected chi connectivity index (χ3v) is 2.11. The summed E-state index contributed by atoms with van der Waals surface area (Å²) in [6.45, 7) is 2.54. The van der Waals surface area contributed by atoms with Crippen molar-refractivity contribution < 1.29 is 4.52 Å². The van der Waals surface area contributed by atoms with Gasteiger partial charge in [0.15, 0.2) is 5.82 Å². The number of aromatic nitrogens is 4. The van der Waals surface area contributed by atoms with Crippen LogP contribution in [-0.4, -0.2) is 26.5 Å². The third kappa shape index (κ3) is 2.34. The lowest BCUT2D eigenvalue weighted by Gasteiger charge is -2.01. The molecule has 0 radical (unpaired) electrons. The molecule has 0 aliphatic heterocycles. The summed E-state index contributed by atoms with van der Waals surface area (Å²) in [7, 11) is 1.92. The maximum Gasteiger partial charge on any atom is 0.321 e. The molecular formula is C9H13N5O. The lowest BCUT2D eigenvalue weighted by atomic mass is 10.3. The molecule has 0 aliphatic rings. The second kappa shape index (κ2) is 4.12. The maximum absolute atomic E-state index is 4.92. The van der Waals surface area contributed by atoms with Crippen molar-refractivity contribution >= 4 is 6.01 Å². The lowest BCUT2D eigenvalue weighted by molar-refractivity contribution is 0.425. The van der Waals surface area contributed by atoms with Gasteiger partial charge in [-0.15, -0.1) is 0 Å². The van der Waals surface area contributed by atoms with Crippen LogP contribution in [0.15, 0.2) is 16.8 Å². The van der Waals surface area contributed by atoms with Gasteiger partial charge in [-0.2, -0.15) is 10.1 Å². The predicted molar refractivity (Wildman–Crippen MR) is 54.4 cm³/mol. The van der Waals surface area contributed by atoms with E-state index in [1.165, 1.54) is 5.69 Å². The number of nitrogens with zero attached hydrogens (tertiary/aromatic N) is 4. The molecule has 15 heavy (non-hydrogen) atoms. The van der Waals surface area contributed by atoms with Crippen LogP contribution in [0.1, 0.15) is 11.5 Å². The Morgan fingerprint density at radius 2 is 2.40 bits per heavy atom. The first-order valence-corrected chi connectivity index (χ1v) is 4.77. The fourth-order valence-corrected chi connectivity index (χ4v) is 1.31. The van der Waals surface area contributed by atoms with Crippen molar-refractivity contribution in [1.82, 2.24) is 19.9 Å². The van der Waals surface area contributed by atoms with Crippen LogP contribution in [0.5, 0.6) is 0 Å². The monoisotopic (exact) mass is 207 g/mol. The molecule has 2 aromatic rings. The van der Waals surface area contributed by atoms with Crippen molar-refractivity contribution in [3.05, 3.63) is 23.8 Å². The summed E-state index contributed by atoms with van der Waals surface area (Å²) in [6.07, 6.45) is 2.66. The molecule has 0 unspecified atom stereocenters. The van der Waals surface area contributed by atoms with Crippen molar-refractivity contribution in [3.8, 4) is 0 Å². The molecule has 1 N–H and O–H groups in total. The van der Waals surface area contributed by atoms with Crippen molar-refractivity contribution in [2.24, 2.45) is 7.05 Å². The topological polar surface area (TPSA) is 68.8 Å². The smallest absolute Gasteiger partial charge is 0.321 e. The second-order valence-corrected chi connectivity index (χ2v) is 3.27. The van der Waals surface area contributed by atoms with Crippen LogP contribution in [0.25, 0.3) is 0 Å². The Balaban J connectivity index is 1.83. The predicted octanol–water partition coefficient (Wildman–Crippen LogP) is 0.766. The minimum absolute atomic E-state index is 0.467. The quantitative estimate of drug-likeness (QED) is 0.801. The Morgan fingerprint density at radius 3 is 3.00 bits per heavy atom. The summed E-state index contributed by atoms with van der Waals surface area (Å²) in [4.78, 5) is 4.04. The summed E-state index contributed by atoms with van der Waals surface area (Å²) < 4.78 is 6.77. The van der Waals surface area contributed by atoms with Gasteiger partial charge in [-0.25, -0.2) is 0 Å². The Kier molecular flexibility index (Phi) is 2.66. The highest BCUT2D eigenvalue weighted by Gasteiger charge is 2.02. The summed E-state index contributed by atoms with van der Waals surface area (Å²) >= 11 is 0. The molecule has 0 saturated carbocycles. The molecule has 0 spiro atoms. The number of rotatable bonds is 4. The van der Waals surface area contributed by atoms with Gasteiger partial charge >= 0.3 is 6.01 Å². The van der Waals surface area contributed by atoms with Gasteiger partial charge in [0.2, 0.25) is 0 Å². The average Bonchev–Trinajstić information content (AvgIpc) is 2.77. The molecule has 0 bridgehead atoms. The fraction of sp³-hybridized carbons (Fsp3) is 0.444. The minimum atomic E-state index is 0.467. The zero-order valence-electron chi connectivity index (χ0n) is 8.77. The average molecular weight is 207 g/mol. The van der Waals surface area contributed by atoms with Crippen LogP contribution < -0.4 is 5.32 Å². The van der Waals surface area contributed by atoms with Crippen LogP contribution in [0.2, 0.25) is 0 Å². The zero-order chi connectivity index (χ0) is 10.7. The molecule has 80 valence electrons. The SMILES string of the molecule is Cc1noc(NCCc2ccnn2C)n1. The molecule has 2 aromatic heterocycles. The van der Waals surface area contributed by atoms with Gasteiger partial charge in [-0.3, -0.25) is 4.68 Å². The summed E-state index contributed by atoms with van der Waals surface area (Å²) in [5, 5.41) is 10.8. The molecular weight excluding hydrogens is 194 g/mol. The Labute approximate surface area is 87.3 Å². The van der Waals surface area contributed by atoms with E-state index in [1.807, 2.05) is 17.8 Å². The first kappa shape index (κ1) is 9.70. The number of nitrogens with one attached hydrogen (secondary N) is 1. The Bertz CT molecular complexity index is 433. The molecule has 0 amide bonds. The number of hydrogen-bond acceptors (Lipinski definition) is 5. The normalized spacial score (nSPS) is 10.5. The molecule has 0 aromatic carbocycles. The Hall–Kier alpha value is -1.85. The van der Waals surface area contributed by atoms with E-state index in [4.69, 9.17) is 4.52 Å². The zero-order valence-corrected chi connectivity index (χ0v) is 8.77. The van der Waals surface area contributed by atoms with Crippen LogP contribution in [0.4, 0.5) is 6.01 Å². The molecule has 0 aliphatic carbocycles. The molecule has 6 nitrogen and oxygen atoms in total. The summed E-state index contributed by atoms with van der Waals surface area (Å²) in [6, 6.07) is 2.45. The first-order chi connectivity index (χ1) is 7.25. The van der Waals surface area contributed by atoms with E-state index in [9.17, 15) is 0 Å². The highest BCUT2D eigenvalue weighted by atomic mass is 16.5. The van der Waals surface area contributed by atoms with E-state index in [1.54, 1.807) is 13.1 Å². The van der Waals surface area contributed by atoms with E-state index in [0.29, 0.717) is 11.8 Å². The molecule has 6 heteroatoms. The lowest BCUT2D eigenvalue weighted by Crippen LogP contribution is -2.08. The minimum Gasteiger partial charge on any atom is -0.337 e. The summed E-state index contributed by atoms with van der Waals surface area (Å²) in [5.74, 6) is 0.637. The van der Waals surface area contributed by atoms with Crippen molar-refractivity contribution in [1.29, 1.82) is 0 Å². The van der Waals surface area contributed by atoms with Gasteiger partial charge in [-0.05, 0) is 13.0 Å². The van der Waals surface area contributed by atoms with Crippen molar-refractivity contribution in [3.63, 3.8) is 0 Å². The molecule has 0 saturated heterocycles. The highest BCUT2D eigenvalue weighted by molar-refractivity contribution is 5.18. The number of hydrogen-bond donors (Lipinski definition) is 1. The molecule has 0 fully saturated rings. The molecule has 0 atom stereocenters. The van der Waals surface area contributed by atoms with Crippen LogP contribution >= 0.6 is 0 Å². The Morgan fingerprint density at radius 1 is 1.53 bits per heavy atom. The second-order valence-electron chi connectivity index (χ2n) is 3.27. The van der Waals surface area contributed by atoms with E-state index < -0.39 is 0 Å². The van der Waals surface area contributed by atoms with E-state index in [0.717, 1.165) is 13.0 Å². The van der Waals surface area contributed by atoms with Gasteiger partial charge in [0, 0.05) is 31.9 Å². The largest absolute Gasteiger partial charge is 0.337 e. The molecule has 2 rings (SSSR count). The van der Waals surface area contributed by atoms with Gasteiger partial charge in [0.1, 0.15) is 0 Å². The van der Waals surface area contributed by atoms with Crippen molar-refractivity contribution in [2.75, 3.05) is 11.9 Å². The number of aryl methyl sites for hydroxylation is 2. The third-order valence-electron chi connectivity index (χ3n) is 2.11.